The number of carbonyl (C=O) groups is 2. The van der Waals surface area contributed by atoms with Gasteiger partial charge in [-0.3, -0.25) is 9.36 Å². The van der Waals surface area contributed by atoms with Gasteiger partial charge < -0.3 is 10.1 Å². The molecule has 4 rings (SSSR count). The number of hydrogen-bond acceptors (Lipinski definition) is 6. The lowest BCUT2D eigenvalue weighted by Crippen LogP contribution is -2.15. The van der Waals surface area contributed by atoms with Crippen LogP contribution < -0.4 is 5.32 Å². The van der Waals surface area contributed by atoms with Crippen molar-refractivity contribution in [3.8, 4) is 5.69 Å². The van der Waals surface area contributed by atoms with Crippen molar-refractivity contribution in [2.24, 2.45) is 0 Å². The predicted molar refractivity (Wildman–Crippen MR) is 147 cm³/mol. The fraction of sp³-hybridized carbons (Fsp3) is 0.185. The number of esters is 1. The van der Waals surface area contributed by atoms with Gasteiger partial charge in [0.05, 0.1) is 22.9 Å². The zero-order valence-corrected chi connectivity index (χ0v) is 22.3. The van der Waals surface area contributed by atoms with Gasteiger partial charge in [0.1, 0.15) is 5.82 Å². The van der Waals surface area contributed by atoms with E-state index in [-0.39, 0.29) is 22.2 Å². The first kappa shape index (κ1) is 26.7. The van der Waals surface area contributed by atoms with Crippen LogP contribution in [0.5, 0.6) is 0 Å². The van der Waals surface area contributed by atoms with Crippen LogP contribution >= 0.6 is 35.0 Å². The molecule has 190 valence electrons. The van der Waals surface area contributed by atoms with Gasteiger partial charge >= 0.3 is 5.97 Å². The van der Waals surface area contributed by atoms with E-state index in [9.17, 15) is 9.59 Å². The zero-order chi connectivity index (χ0) is 26.2. The first-order valence-electron chi connectivity index (χ1n) is 11.6. The van der Waals surface area contributed by atoms with Gasteiger partial charge in [0.15, 0.2) is 5.16 Å². The molecule has 1 heterocycles. The van der Waals surface area contributed by atoms with Crippen molar-refractivity contribution in [3.05, 3.63) is 99.8 Å². The van der Waals surface area contributed by atoms with Crippen molar-refractivity contribution in [2.75, 3.05) is 17.7 Å². The van der Waals surface area contributed by atoms with Crippen molar-refractivity contribution in [3.63, 3.8) is 0 Å². The van der Waals surface area contributed by atoms with Gasteiger partial charge in [-0.15, -0.1) is 10.2 Å². The summed E-state index contributed by atoms with van der Waals surface area (Å²) in [6.07, 6.45) is 1.27. The number of halogens is 2. The van der Waals surface area contributed by atoms with Crippen LogP contribution in [0, 0.1) is 0 Å². The standard InChI is InChI=1S/C27H24Cl2N4O3S/c1-2-14-36-26(35)22-16-20(10-13-23(22)29)30-25(34)17-37-27-32-31-24(15-18-6-4-3-5-7-18)33(27)21-11-8-19(28)9-12-21/h3-13,16H,2,14-15,17H2,1H3,(H,30,34). The number of aromatic nitrogens is 3. The van der Waals surface area contributed by atoms with E-state index in [1.54, 1.807) is 24.3 Å². The topological polar surface area (TPSA) is 86.1 Å². The maximum atomic E-state index is 12.8. The number of hydrogen-bond donors (Lipinski definition) is 1. The van der Waals surface area contributed by atoms with E-state index < -0.39 is 5.97 Å². The molecule has 0 saturated carbocycles. The molecule has 0 aliphatic heterocycles. The van der Waals surface area contributed by atoms with E-state index in [0.717, 1.165) is 17.1 Å². The lowest BCUT2D eigenvalue weighted by molar-refractivity contribution is -0.113. The number of nitrogens with one attached hydrogen (secondary N) is 1. The van der Waals surface area contributed by atoms with Crippen LogP contribution in [-0.4, -0.2) is 39.0 Å². The number of carbonyl (C=O) groups excluding carboxylic acids is 2. The first-order valence-corrected chi connectivity index (χ1v) is 13.3. The summed E-state index contributed by atoms with van der Waals surface area (Å²) in [6.45, 7) is 2.20. The molecule has 1 N–H and O–H groups in total. The van der Waals surface area contributed by atoms with Gasteiger partial charge in [-0.05, 0) is 54.4 Å². The quantitative estimate of drug-likeness (QED) is 0.179. The summed E-state index contributed by atoms with van der Waals surface area (Å²) < 4.78 is 7.09. The van der Waals surface area contributed by atoms with Crippen LogP contribution in [0.25, 0.3) is 5.69 Å². The number of rotatable bonds is 10. The summed E-state index contributed by atoms with van der Waals surface area (Å²) in [6, 6.07) is 22.0. The highest BCUT2D eigenvalue weighted by molar-refractivity contribution is 7.99. The van der Waals surface area contributed by atoms with Gasteiger partial charge in [-0.25, -0.2) is 4.79 Å². The molecule has 37 heavy (non-hydrogen) atoms. The Kier molecular flexibility index (Phi) is 9.22. The molecule has 3 aromatic carbocycles. The Morgan fingerprint density at radius 1 is 1.00 bits per heavy atom. The zero-order valence-electron chi connectivity index (χ0n) is 20.0. The normalized spacial score (nSPS) is 10.8. The molecule has 10 heteroatoms. The minimum atomic E-state index is -0.528. The molecule has 1 aromatic heterocycles. The lowest BCUT2D eigenvalue weighted by Gasteiger charge is -2.11. The SMILES string of the molecule is CCCOC(=O)c1cc(NC(=O)CSc2nnc(Cc3ccccc3)n2-c2ccc(Cl)cc2)ccc1Cl. The summed E-state index contributed by atoms with van der Waals surface area (Å²) in [5, 5.41) is 13.0. The fourth-order valence-corrected chi connectivity index (χ4v) is 4.59. The third kappa shape index (κ3) is 7.13. The van der Waals surface area contributed by atoms with Crippen molar-refractivity contribution < 1.29 is 14.3 Å². The summed E-state index contributed by atoms with van der Waals surface area (Å²) in [5.74, 6) is 0.0223. The number of ether oxygens (including phenoxy) is 1. The average molecular weight is 555 g/mol. The molecule has 0 unspecified atom stereocenters. The van der Waals surface area contributed by atoms with Crippen molar-refractivity contribution in [1.29, 1.82) is 0 Å². The highest BCUT2D eigenvalue weighted by Crippen LogP contribution is 2.26. The molecule has 0 spiro atoms. The number of thioether (sulfide) groups is 1. The maximum absolute atomic E-state index is 12.8. The first-order chi connectivity index (χ1) is 17.9. The molecular formula is C27H24Cl2N4O3S. The molecule has 0 atom stereocenters. The minimum Gasteiger partial charge on any atom is -0.462 e. The Morgan fingerprint density at radius 3 is 2.49 bits per heavy atom. The molecule has 0 saturated heterocycles. The predicted octanol–water partition coefficient (Wildman–Crippen LogP) is 6.46. The average Bonchev–Trinajstić information content (AvgIpc) is 3.30. The monoisotopic (exact) mass is 554 g/mol. The highest BCUT2D eigenvalue weighted by Gasteiger charge is 2.18. The molecule has 1 amide bonds. The number of benzene rings is 3. The fourth-order valence-electron chi connectivity index (χ4n) is 3.50. The molecule has 0 radical (unpaired) electrons. The van der Waals surface area contributed by atoms with E-state index in [4.69, 9.17) is 27.9 Å². The number of amides is 1. The van der Waals surface area contributed by atoms with Gasteiger partial charge in [0.2, 0.25) is 5.91 Å². The van der Waals surface area contributed by atoms with Gasteiger partial charge in [-0.2, -0.15) is 0 Å². The Balaban J connectivity index is 1.49. The summed E-state index contributed by atoms with van der Waals surface area (Å²) in [7, 11) is 0. The summed E-state index contributed by atoms with van der Waals surface area (Å²) >= 11 is 13.5. The molecule has 4 aromatic rings. The Labute approximate surface area is 229 Å². The van der Waals surface area contributed by atoms with Crippen molar-refractivity contribution in [2.45, 2.75) is 24.9 Å². The second kappa shape index (κ2) is 12.8. The lowest BCUT2D eigenvalue weighted by atomic mass is 10.1. The third-order valence-electron chi connectivity index (χ3n) is 5.23. The summed E-state index contributed by atoms with van der Waals surface area (Å²) in [5.41, 5.74) is 2.59. The molecule has 0 aliphatic rings. The molecule has 0 aliphatic carbocycles. The Morgan fingerprint density at radius 2 is 1.76 bits per heavy atom. The van der Waals surface area contributed by atoms with Crippen LogP contribution in [0.1, 0.15) is 35.1 Å². The second-order valence-electron chi connectivity index (χ2n) is 8.04. The van der Waals surface area contributed by atoms with Crippen LogP contribution in [0.2, 0.25) is 10.0 Å². The minimum absolute atomic E-state index is 0.0787. The van der Waals surface area contributed by atoms with Crippen LogP contribution in [0.15, 0.2) is 78.0 Å². The highest BCUT2D eigenvalue weighted by atomic mass is 35.5. The van der Waals surface area contributed by atoms with Crippen LogP contribution in [-0.2, 0) is 16.0 Å². The molecule has 0 bridgehead atoms. The van der Waals surface area contributed by atoms with Crippen LogP contribution in [0.4, 0.5) is 5.69 Å². The van der Waals surface area contributed by atoms with E-state index in [0.29, 0.717) is 35.3 Å². The maximum Gasteiger partial charge on any atom is 0.339 e. The number of nitrogens with zero attached hydrogens (tertiary/aromatic N) is 3. The van der Waals surface area contributed by atoms with Crippen LogP contribution in [0.3, 0.4) is 0 Å². The van der Waals surface area contributed by atoms with E-state index in [1.807, 2.05) is 54.0 Å². The largest absolute Gasteiger partial charge is 0.462 e. The Bertz CT molecular complexity index is 1380. The Hall–Kier alpha value is -3.33. The molecule has 0 fully saturated rings. The third-order valence-corrected chi connectivity index (χ3v) is 6.74. The smallest absolute Gasteiger partial charge is 0.339 e. The van der Waals surface area contributed by atoms with E-state index in [1.165, 1.54) is 17.8 Å². The van der Waals surface area contributed by atoms with E-state index >= 15 is 0 Å². The van der Waals surface area contributed by atoms with Gasteiger partial charge in [-0.1, -0.05) is 72.2 Å². The van der Waals surface area contributed by atoms with E-state index in [2.05, 4.69) is 15.5 Å². The van der Waals surface area contributed by atoms with Crippen molar-refractivity contribution in [1.82, 2.24) is 14.8 Å². The summed E-state index contributed by atoms with van der Waals surface area (Å²) in [4.78, 5) is 25.0. The second-order valence-corrected chi connectivity index (χ2v) is 9.83. The number of anilines is 1. The molecule has 7 nitrogen and oxygen atoms in total. The van der Waals surface area contributed by atoms with Gasteiger partial charge in [0, 0.05) is 22.8 Å². The van der Waals surface area contributed by atoms with Crippen molar-refractivity contribution >= 4 is 52.5 Å². The van der Waals surface area contributed by atoms with Gasteiger partial charge in [0.25, 0.3) is 0 Å². The molecular weight excluding hydrogens is 531 g/mol.